The summed E-state index contributed by atoms with van der Waals surface area (Å²) >= 11 is 0. The second-order valence-corrected chi connectivity index (χ2v) is 19.9. The highest BCUT2D eigenvalue weighted by Gasteiger charge is 2.40. The Hall–Kier alpha value is 0.228. The Kier molecular flexibility index (Phi) is 63.8. The molecule has 0 spiro atoms. The van der Waals surface area contributed by atoms with E-state index in [0.29, 0.717) is 104 Å². The van der Waals surface area contributed by atoms with E-state index in [1.165, 1.54) is 0 Å². The minimum Gasteiger partial charge on any atom is -0.390 e. The van der Waals surface area contributed by atoms with E-state index in [1.54, 1.807) is 13.8 Å². The predicted octanol–water partition coefficient (Wildman–Crippen LogP) is 3.90. The summed E-state index contributed by atoms with van der Waals surface area (Å²) < 4.78 is 43.4. The van der Waals surface area contributed by atoms with Crippen LogP contribution in [0, 0.1) is 0 Å². The van der Waals surface area contributed by atoms with Crippen LogP contribution in [0.2, 0.25) is 24.2 Å². The predicted molar refractivity (Wildman–Crippen MR) is 226 cm³/mol. The number of hydrogen-bond acceptors (Lipinski definition) is 16. The highest BCUT2D eigenvalue weighted by molar-refractivity contribution is 6.61. The number of rotatable bonds is 28. The van der Waals surface area contributed by atoms with E-state index in [0.717, 1.165) is 24.9 Å². The first-order valence-corrected chi connectivity index (χ1v) is 25.4. The van der Waals surface area contributed by atoms with Crippen molar-refractivity contribution in [3.05, 3.63) is 0 Å². The second-order valence-electron chi connectivity index (χ2n) is 9.89. The van der Waals surface area contributed by atoms with Crippen molar-refractivity contribution in [1.29, 1.82) is 0 Å². The van der Waals surface area contributed by atoms with Gasteiger partial charge in [0.15, 0.2) is 0 Å². The topological polar surface area (TPSA) is 259 Å². The summed E-state index contributed by atoms with van der Waals surface area (Å²) in [7, 11) is -11.4. The lowest BCUT2D eigenvalue weighted by Crippen LogP contribution is -2.46. The Labute approximate surface area is 326 Å². The van der Waals surface area contributed by atoms with Crippen LogP contribution >= 0.6 is 0 Å². The van der Waals surface area contributed by atoms with Gasteiger partial charge < -0.3 is 77.5 Å². The van der Waals surface area contributed by atoms with Gasteiger partial charge in [-0.15, -0.1) is 0 Å². The van der Waals surface area contributed by atoms with E-state index in [1.807, 2.05) is 41.5 Å². The lowest BCUT2D eigenvalue weighted by molar-refractivity contribution is 0.0702. The molecule has 0 heterocycles. The van der Waals surface area contributed by atoms with E-state index in [2.05, 4.69) is 0 Å². The minimum absolute atomic E-state index is 0. The molecule has 0 amide bonds. The van der Waals surface area contributed by atoms with Crippen molar-refractivity contribution in [2.24, 2.45) is 22.9 Å². The molecule has 0 saturated carbocycles. The molecule has 0 aliphatic carbocycles. The van der Waals surface area contributed by atoms with Crippen LogP contribution in [0.3, 0.4) is 0 Å². The van der Waals surface area contributed by atoms with Crippen molar-refractivity contribution in [2.75, 3.05) is 79.0 Å². The summed E-state index contributed by atoms with van der Waals surface area (Å²) in [6, 6.07) is 2.24. The fourth-order valence-corrected chi connectivity index (χ4v) is 11.7. The van der Waals surface area contributed by atoms with Gasteiger partial charge in [-0.25, -0.2) is 0 Å². The fourth-order valence-electron chi connectivity index (χ4n) is 3.91. The van der Waals surface area contributed by atoms with E-state index in [9.17, 15) is 0 Å². The van der Waals surface area contributed by atoms with Crippen LogP contribution in [0.15, 0.2) is 0 Å². The Balaban J connectivity index is -0.0000000816. The zero-order chi connectivity index (χ0) is 37.8. The Morgan fingerprint density at radius 3 is 0.654 bits per heavy atom. The van der Waals surface area contributed by atoms with Crippen molar-refractivity contribution >= 4 is 35.2 Å². The molecule has 0 aromatic rings. The second kappa shape index (κ2) is 47.4. The molecule has 0 rings (SSSR count). The van der Waals surface area contributed by atoms with Gasteiger partial charge in [0.1, 0.15) is 0 Å². The summed E-state index contributed by atoms with van der Waals surface area (Å²) in [5.74, 6) is 0. The highest BCUT2D eigenvalue weighted by Crippen LogP contribution is 2.18. The van der Waals surface area contributed by atoms with Gasteiger partial charge in [0, 0.05) is 77.0 Å². The van der Waals surface area contributed by atoms with E-state index < -0.39 is 35.2 Å². The molecule has 0 atom stereocenters. The molecule has 0 bridgehead atoms. The smallest absolute Gasteiger partial charge is 0.390 e. The number of hydrogen-bond donors (Lipinski definition) is 8. The largest absolute Gasteiger partial charge is 0.500 e. The van der Waals surface area contributed by atoms with E-state index in [-0.39, 0.29) is 29.7 Å². The van der Waals surface area contributed by atoms with Crippen molar-refractivity contribution in [2.45, 2.75) is 135 Å². The molecule has 20 heteroatoms. The standard InChI is InChI=1S/2C9H23NO3Si.2C5H15NO3Si.4CH4/c2*1-4-11-14(12-5-2,13-6-3)9-7-8-10;2*1-2-9-10(7,8)5-3-4-6;;;;/h2*4-10H2,1-3H3;2*7-8H,2-6H2,1H3;4*1H4. The first-order valence-electron chi connectivity index (χ1n) is 17.5. The molecule has 16 nitrogen and oxygen atoms in total. The average Bonchev–Trinajstić information content (AvgIpc) is 3.03. The van der Waals surface area contributed by atoms with Crippen molar-refractivity contribution in [3.8, 4) is 0 Å². The molecule has 0 aliphatic rings. The lowest BCUT2D eigenvalue weighted by Gasteiger charge is -2.28. The number of nitrogens with two attached hydrogens (primary N) is 4. The monoisotopic (exact) mass is 837 g/mol. The van der Waals surface area contributed by atoms with Gasteiger partial charge in [0.2, 0.25) is 0 Å². The molecule has 52 heavy (non-hydrogen) atoms. The maximum atomic E-state index is 9.06. The van der Waals surface area contributed by atoms with Gasteiger partial charge in [0.25, 0.3) is 0 Å². The summed E-state index contributed by atoms with van der Waals surface area (Å²) in [6.45, 7) is 22.0. The third-order valence-electron chi connectivity index (χ3n) is 5.72. The maximum absolute atomic E-state index is 9.06. The summed E-state index contributed by atoms with van der Waals surface area (Å²) in [5.41, 5.74) is 21.3. The molecular formula is C32H92N4O12Si4. The van der Waals surface area contributed by atoms with E-state index in [4.69, 9.17) is 77.5 Å². The van der Waals surface area contributed by atoms with Gasteiger partial charge in [-0.1, -0.05) is 29.7 Å². The molecule has 0 aromatic carbocycles. The van der Waals surface area contributed by atoms with Crippen LogP contribution in [0.1, 0.15) is 111 Å². The zero-order valence-electron chi connectivity index (χ0n) is 31.5. The highest BCUT2D eigenvalue weighted by atomic mass is 28.4. The van der Waals surface area contributed by atoms with Gasteiger partial charge in [0.05, 0.1) is 0 Å². The third-order valence-corrected chi connectivity index (χ3v) is 15.5. The van der Waals surface area contributed by atoms with Crippen molar-refractivity contribution in [3.63, 3.8) is 0 Å². The van der Waals surface area contributed by atoms with Crippen LogP contribution in [0.4, 0.5) is 0 Å². The summed E-state index contributed by atoms with van der Waals surface area (Å²) in [4.78, 5) is 36.2. The molecule has 328 valence electrons. The van der Waals surface area contributed by atoms with Gasteiger partial charge in [-0.05, 0) is 107 Å². The molecule has 0 aliphatic heterocycles. The fraction of sp³-hybridized carbons (Fsp3) is 1.00. The molecule has 0 fully saturated rings. The third kappa shape index (κ3) is 44.6. The first-order chi connectivity index (χ1) is 22.7. The maximum Gasteiger partial charge on any atom is 0.500 e. The normalized spacial score (nSPS) is 11.1. The Bertz CT molecular complexity index is 572. The lowest BCUT2D eigenvalue weighted by atomic mass is 10.5. The summed E-state index contributed by atoms with van der Waals surface area (Å²) in [6.07, 6.45) is 3.01. The molecule has 0 unspecified atom stereocenters. The zero-order valence-corrected chi connectivity index (χ0v) is 35.5. The SMILES string of the molecule is C.C.C.C.CCO[Si](CCCN)(OCC)OCC.CCO[Si](CCCN)(OCC)OCC.CCO[Si](O)(O)CCCN.CCO[Si](O)(O)CCCN. The van der Waals surface area contributed by atoms with Crippen LogP contribution in [-0.2, 0) is 35.4 Å². The molecule has 0 aromatic heterocycles. The average molecular weight is 837 g/mol. The minimum atomic E-state index is -3.30. The molecule has 12 N–H and O–H groups in total. The quantitative estimate of drug-likeness (QED) is 0.0520. The summed E-state index contributed by atoms with van der Waals surface area (Å²) in [5, 5.41) is 0. The molecular weight excluding hydrogens is 745 g/mol. The van der Waals surface area contributed by atoms with Crippen LogP contribution < -0.4 is 22.9 Å². The van der Waals surface area contributed by atoms with Crippen LogP contribution in [0.25, 0.3) is 0 Å². The van der Waals surface area contributed by atoms with E-state index >= 15 is 0 Å². The van der Waals surface area contributed by atoms with Crippen molar-refractivity contribution in [1.82, 2.24) is 0 Å². The Morgan fingerprint density at radius 1 is 0.327 bits per heavy atom. The van der Waals surface area contributed by atoms with Crippen LogP contribution in [0.5, 0.6) is 0 Å². The van der Waals surface area contributed by atoms with Gasteiger partial charge in [-0.2, -0.15) is 0 Å². The van der Waals surface area contributed by atoms with Gasteiger partial charge >= 0.3 is 35.2 Å². The molecule has 0 radical (unpaired) electrons. The van der Waals surface area contributed by atoms with Gasteiger partial charge in [-0.3, -0.25) is 0 Å². The van der Waals surface area contributed by atoms with Crippen molar-refractivity contribution < 1.29 is 54.6 Å². The Morgan fingerprint density at radius 2 is 0.500 bits per heavy atom. The first kappa shape index (κ1) is 70.1. The molecule has 0 saturated heterocycles. The van der Waals surface area contributed by atoms with Crippen LogP contribution in [-0.4, -0.2) is 133 Å².